The van der Waals surface area contributed by atoms with Gasteiger partial charge in [0.15, 0.2) is 0 Å². The van der Waals surface area contributed by atoms with E-state index < -0.39 is 0 Å². The van der Waals surface area contributed by atoms with Gasteiger partial charge in [-0.1, -0.05) is 6.42 Å². The fourth-order valence-corrected chi connectivity index (χ4v) is 2.01. The normalized spacial score (nSPS) is 16.0. The van der Waals surface area contributed by atoms with Crippen LogP contribution in [-0.4, -0.2) is 4.98 Å². The van der Waals surface area contributed by atoms with Crippen molar-refractivity contribution in [1.82, 2.24) is 4.98 Å². The number of aromatic amines is 1. The molecule has 1 aliphatic rings. The first kappa shape index (κ1) is 9.35. The van der Waals surface area contributed by atoms with Gasteiger partial charge in [-0.05, 0) is 24.3 Å². The molecule has 0 aromatic carbocycles. The van der Waals surface area contributed by atoms with Gasteiger partial charge in [0.05, 0.1) is 10.6 Å². The van der Waals surface area contributed by atoms with Crippen LogP contribution in [0.3, 0.4) is 0 Å². The molecule has 3 nitrogen and oxygen atoms in total. The fraction of sp³-hybridized carbons (Fsp3) is 0.400. The summed E-state index contributed by atoms with van der Waals surface area (Å²) in [4.78, 5) is 13.7. The Balaban J connectivity index is 2.56. The summed E-state index contributed by atoms with van der Waals surface area (Å²) < 4.78 is 0. The van der Waals surface area contributed by atoms with Crippen LogP contribution in [-0.2, 0) is 0 Å². The van der Waals surface area contributed by atoms with Gasteiger partial charge in [0.1, 0.15) is 6.07 Å². The third-order valence-electron chi connectivity index (χ3n) is 2.71. The predicted molar refractivity (Wildman–Crippen MR) is 55.6 cm³/mol. The topological polar surface area (TPSA) is 56.6 Å². The number of nitriles is 1. The van der Waals surface area contributed by atoms with Crippen molar-refractivity contribution in [1.29, 1.82) is 5.26 Å². The largest absolute Gasteiger partial charge is 0.316 e. The molecule has 0 saturated heterocycles. The second-order valence-corrected chi connectivity index (χ2v) is 4.00. The van der Waals surface area contributed by atoms with E-state index in [1.165, 1.54) is 12.5 Å². The van der Waals surface area contributed by atoms with Crippen LogP contribution in [0.15, 0.2) is 15.9 Å². The minimum Gasteiger partial charge on any atom is -0.316 e. The molecule has 0 spiro atoms. The second kappa shape index (κ2) is 3.50. The molecule has 1 aromatic heterocycles. The number of H-pyrrole nitrogens is 1. The van der Waals surface area contributed by atoms with Gasteiger partial charge in [0.25, 0.3) is 0 Å². The number of pyridine rings is 1. The highest BCUT2D eigenvalue weighted by atomic mass is 32.1. The first-order valence-electron chi connectivity index (χ1n) is 4.58. The lowest BCUT2D eigenvalue weighted by molar-refractivity contribution is 0.417. The summed E-state index contributed by atoms with van der Waals surface area (Å²) in [5.41, 5.74) is 1.22. The van der Waals surface area contributed by atoms with Gasteiger partial charge in [0.2, 0.25) is 5.56 Å². The molecule has 0 aliphatic heterocycles. The van der Waals surface area contributed by atoms with E-state index in [9.17, 15) is 4.79 Å². The lowest BCUT2D eigenvalue weighted by Crippen LogP contribution is -2.16. The van der Waals surface area contributed by atoms with E-state index in [1.54, 1.807) is 0 Å². The molecule has 4 heteroatoms. The molecule has 1 N–H and O–H groups in total. The molecule has 72 valence electrons. The summed E-state index contributed by atoms with van der Waals surface area (Å²) in [5, 5.41) is 9.33. The van der Waals surface area contributed by atoms with Gasteiger partial charge in [-0.2, -0.15) is 5.26 Å². The second-order valence-electron chi connectivity index (χ2n) is 3.55. The van der Waals surface area contributed by atoms with Crippen LogP contribution in [0.25, 0.3) is 0 Å². The van der Waals surface area contributed by atoms with E-state index >= 15 is 0 Å². The van der Waals surface area contributed by atoms with Crippen molar-refractivity contribution in [2.24, 2.45) is 0 Å². The van der Waals surface area contributed by atoms with Gasteiger partial charge >= 0.3 is 0 Å². The van der Waals surface area contributed by atoms with Gasteiger partial charge in [-0.15, -0.1) is 12.6 Å². The SMILES string of the molecule is N#Cc1c(C2CCC2)cc(=O)[nH]c1S. The van der Waals surface area contributed by atoms with Crippen molar-refractivity contribution in [3.05, 3.63) is 27.5 Å². The summed E-state index contributed by atoms with van der Waals surface area (Å²) in [7, 11) is 0. The van der Waals surface area contributed by atoms with Gasteiger partial charge in [-0.25, -0.2) is 0 Å². The molecule has 0 bridgehead atoms. The Morgan fingerprint density at radius 2 is 2.29 bits per heavy atom. The van der Waals surface area contributed by atoms with E-state index in [2.05, 4.69) is 23.7 Å². The molecular formula is C10H10N2OS. The van der Waals surface area contributed by atoms with Crippen LogP contribution in [0.4, 0.5) is 0 Å². The molecule has 0 amide bonds. The highest BCUT2D eigenvalue weighted by molar-refractivity contribution is 7.80. The zero-order valence-corrected chi connectivity index (χ0v) is 8.47. The first-order chi connectivity index (χ1) is 6.72. The Bertz CT molecular complexity index is 454. The molecule has 0 atom stereocenters. The molecule has 14 heavy (non-hydrogen) atoms. The van der Waals surface area contributed by atoms with E-state index in [0.717, 1.165) is 18.4 Å². The predicted octanol–water partition coefficient (Wildman–Crippen LogP) is 1.80. The van der Waals surface area contributed by atoms with Crippen molar-refractivity contribution in [2.75, 3.05) is 0 Å². The number of nitrogens with one attached hydrogen (secondary N) is 1. The number of aromatic nitrogens is 1. The molecule has 0 unspecified atom stereocenters. The summed E-state index contributed by atoms with van der Waals surface area (Å²) in [6.07, 6.45) is 3.33. The maximum Gasteiger partial charge on any atom is 0.249 e. The van der Waals surface area contributed by atoms with Gasteiger partial charge in [0, 0.05) is 6.07 Å². The number of hydrogen-bond donors (Lipinski definition) is 2. The number of nitrogens with zero attached hydrogens (tertiary/aromatic N) is 1. The average Bonchev–Trinajstić information content (AvgIpc) is 1.99. The quantitative estimate of drug-likeness (QED) is 0.688. The number of thiol groups is 1. The highest BCUT2D eigenvalue weighted by Crippen LogP contribution is 2.37. The van der Waals surface area contributed by atoms with Crippen LogP contribution in [0, 0.1) is 11.3 Å². The Kier molecular flexibility index (Phi) is 2.34. The lowest BCUT2D eigenvalue weighted by Gasteiger charge is -2.26. The monoisotopic (exact) mass is 206 g/mol. The third-order valence-corrected chi connectivity index (χ3v) is 3.05. The molecule has 1 saturated carbocycles. The minimum atomic E-state index is -0.170. The van der Waals surface area contributed by atoms with E-state index in [4.69, 9.17) is 5.26 Å². The summed E-state index contributed by atoms with van der Waals surface area (Å²) in [6.45, 7) is 0. The van der Waals surface area contributed by atoms with E-state index in [0.29, 0.717) is 16.5 Å². The molecule has 2 rings (SSSR count). The Labute approximate surface area is 87.2 Å². The lowest BCUT2D eigenvalue weighted by atomic mass is 9.79. The standard InChI is InChI=1S/C10H10N2OS/c11-5-8-7(6-2-1-3-6)4-9(13)12-10(8)14/h4,6H,1-3H2,(H2,12,13,14). The van der Waals surface area contributed by atoms with Gasteiger partial charge < -0.3 is 4.98 Å². The Hall–Kier alpha value is -1.21. The molecule has 0 radical (unpaired) electrons. The minimum absolute atomic E-state index is 0.170. The van der Waals surface area contributed by atoms with Crippen molar-refractivity contribution in [3.8, 4) is 6.07 Å². The molecule has 1 aliphatic carbocycles. The number of hydrogen-bond acceptors (Lipinski definition) is 3. The molecule has 1 aromatic rings. The first-order valence-corrected chi connectivity index (χ1v) is 5.03. The van der Waals surface area contributed by atoms with E-state index in [-0.39, 0.29) is 5.56 Å². The zero-order valence-electron chi connectivity index (χ0n) is 7.58. The summed E-state index contributed by atoms with van der Waals surface area (Å²) in [5.74, 6) is 0.387. The van der Waals surface area contributed by atoms with Crippen LogP contribution in [0.2, 0.25) is 0 Å². The summed E-state index contributed by atoms with van der Waals surface area (Å²) >= 11 is 4.10. The van der Waals surface area contributed by atoms with Crippen molar-refractivity contribution in [3.63, 3.8) is 0 Å². The fourth-order valence-electron chi connectivity index (χ4n) is 1.72. The maximum atomic E-state index is 11.2. The van der Waals surface area contributed by atoms with Crippen LogP contribution >= 0.6 is 12.6 Å². The zero-order chi connectivity index (χ0) is 10.1. The van der Waals surface area contributed by atoms with Crippen molar-refractivity contribution >= 4 is 12.6 Å². The van der Waals surface area contributed by atoms with Crippen molar-refractivity contribution < 1.29 is 0 Å². The van der Waals surface area contributed by atoms with Crippen LogP contribution in [0.5, 0.6) is 0 Å². The summed E-state index contributed by atoms with van der Waals surface area (Å²) in [6, 6.07) is 3.62. The average molecular weight is 206 g/mol. The molecule has 1 fully saturated rings. The smallest absolute Gasteiger partial charge is 0.249 e. The van der Waals surface area contributed by atoms with Crippen molar-refractivity contribution in [2.45, 2.75) is 30.2 Å². The Morgan fingerprint density at radius 3 is 2.79 bits per heavy atom. The third kappa shape index (κ3) is 1.44. The van der Waals surface area contributed by atoms with Crippen LogP contribution < -0.4 is 5.56 Å². The van der Waals surface area contributed by atoms with Gasteiger partial charge in [-0.3, -0.25) is 4.79 Å². The van der Waals surface area contributed by atoms with E-state index in [1.807, 2.05) is 0 Å². The molecular weight excluding hydrogens is 196 g/mol. The number of rotatable bonds is 1. The maximum absolute atomic E-state index is 11.2. The highest BCUT2D eigenvalue weighted by Gasteiger charge is 2.23. The molecule has 1 heterocycles. The Morgan fingerprint density at radius 1 is 1.57 bits per heavy atom. The van der Waals surface area contributed by atoms with Crippen LogP contribution in [0.1, 0.15) is 36.3 Å².